The summed E-state index contributed by atoms with van der Waals surface area (Å²) >= 11 is 0. The maximum Gasteiger partial charge on any atom is 0.321 e. The van der Waals surface area contributed by atoms with Crippen molar-refractivity contribution in [1.82, 2.24) is 0 Å². The summed E-state index contributed by atoms with van der Waals surface area (Å²) in [4.78, 5) is 37.3. The number of carbonyl (C=O) groups excluding carboxylic acids is 3. The minimum atomic E-state index is -1.03. The molecule has 1 fully saturated rings. The fraction of sp³-hybridized carbons (Fsp3) is 0.500. The van der Waals surface area contributed by atoms with Crippen LogP contribution in [0.15, 0.2) is 24.3 Å². The van der Waals surface area contributed by atoms with E-state index < -0.39 is 35.3 Å². The van der Waals surface area contributed by atoms with Gasteiger partial charge >= 0.3 is 11.9 Å². The normalized spacial score (nSPS) is 28.4. The number of fused-ring (bicyclic) bond motifs is 1. The number of hydrogen-bond donors (Lipinski definition) is 0. The molecule has 3 atom stereocenters. The first-order valence-corrected chi connectivity index (χ1v) is 7.88. The largest absolute Gasteiger partial charge is 0.465 e. The third kappa shape index (κ3) is 2.44. The number of cyclic esters (lactones) is 1. The van der Waals surface area contributed by atoms with Gasteiger partial charge in [-0.15, -0.1) is 0 Å². The summed E-state index contributed by atoms with van der Waals surface area (Å²) in [6.45, 7) is 5.39. The zero-order valence-corrected chi connectivity index (χ0v) is 13.5. The van der Waals surface area contributed by atoms with E-state index in [1.54, 1.807) is 26.8 Å². The van der Waals surface area contributed by atoms with Crippen LogP contribution in [-0.2, 0) is 25.5 Å². The van der Waals surface area contributed by atoms with Gasteiger partial charge in [-0.25, -0.2) is 0 Å². The average molecular weight is 316 g/mol. The third-order valence-electron chi connectivity index (χ3n) is 4.81. The van der Waals surface area contributed by atoms with Crippen LogP contribution in [0.2, 0.25) is 0 Å². The molecule has 1 aliphatic carbocycles. The van der Waals surface area contributed by atoms with Crippen LogP contribution in [0.3, 0.4) is 0 Å². The highest BCUT2D eigenvalue weighted by atomic mass is 16.6. The summed E-state index contributed by atoms with van der Waals surface area (Å²) in [5.74, 6) is -3.21. The number of rotatable bonds is 3. The van der Waals surface area contributed by atoms with Gasteiger partial charge in [-0.05, 0) is 32.8 Å². The Balaban J connectivity index is 1.97. The Bertz CT molecular complexity index is 676. The molecular weight excluding hydrogens is 296 g/mol. The van der Waals surface area contributed by atoms with Crippen LogP contribution in [0.5, 0.6) is 0 Å². The topological polar surface area (TPSA) is 69.7 Å². The van der Waals surface area contributed by atoms with Crippen LogP contribution in [0.4, 0.5) is 0 Å². The highest BCUT2D eigenvalue weighted by molar-refractivity contribution is 6.04. The number of hydrogen-bond acceptors (Lipinski definition) is 5. The van der Waals surface area contributed by atoms with Crippen LogP contribution in [0, 0.1) is 17.8 Å². The number of ether oxygens (including phenoxy) is 2. The van der Waals surface area contributed by atoms with Crippen molar-refractivity contribution >= 4 is 17.7 Å². The van der Waals surface area contributed by atoms with E-state index in [-0.39, 0.29) is 12.4 Å². The molecule has 23 heavy (non-hydrogen) atoms. The first-order chi connectivity index (χ1) is 10.9. The van der Waals surface area contributed by atoms with Crippen molar-refractivity contribution in [1.29, 1.82) is 0 Å². The molecule has 0 N–H and O–H groups in total. The predicted octanol–water partition coefficient (Wildman–Crippen LogP) is 2.17. The van der Waals surface area contributed by atoms with Crippen molar-refractivity contribution in [3.8, 4) is 0 Å². The maximum atomic E-state index is 12.8. The summed E-state index contributed by atoms with van der Waals surface area (Å²) in [5, 5.41) is 0. The molecule has 0 bridgehead atoms. The number of esters is 2. The van der Waals surface area contributed by atoms with E-state index >= 15 is 0 Å². The molecule has 0 unspecified atom stereocenters. The SMILES string of the molecule is CCOC(=O)[C@@H]1C(=O)OC(C)(C)[C@H]1[C@H]1Cc2ccccc2C1=O. The molecule has 5 nitrogen and oxygen atoms in total. The number of Topliss-reactive ketones (excluding diaryl/α,β-unsaturated/α-hetero) is 1. The molecule has 0 saturated carbocycles. The van der Waals surface area contributed by atoms with Crippen molar-refractivity contribution in [2.75, 3.05) is 6.61 Å². The van der Waals surface area contributed by atoms with E-state index in [2.05, 4.69) is 0 Å². The molecular formula is C18H20O5. The summed E-state index contributed by atoms with van der Waals surface area (Å²) in [6.07, 6.45) is 0.523. The molecule has 122 valence electrons. The number of benzene rings is 1. The van der Waals surface area contributed by atoms with Gasteiger partial charge in [0.1, 0.15) is 5.60 Å². The van der Waals surface area contributed by atoms with Gasteiger partial charge in [0, 0.05) is 17.4 Å². The van der Waals surface area contributed by atoms with Crippen LogP contribution >= 0.6 is 0 Å². The second kappa shape index (κ2) is 5.48. The van der Waals surface area contributed by atoms with Gasteiger partial charge < -0.3 is 9.47 Å². The molecule has 5 heteroatoms. The van der Waals surface area contributed by atoms with Crippen molar-refractivity contribution in [2.45, 2.75) is 32.8 Å². The van der Waals surface area contributed by atoms with Gasteiger partial charge in [0.05, 0.1) is 6.61 Å². The van der Waals surface area contributed by atoms with E-state index in [1.807, 2.05) is 18.2 Å². The lowest BCUT2D eigenvalue weighted by Gasteiger charge is -2.30. The third-order valence-corrected chi connectivity index (χ3v) is 4.81. The first kappa shape index (κ1) is 15.7. The maximum absolute atomic E-state index is 12.8. The Morgan fingerprint density at radius 3 is 2.65 bits per heavy atom. The number of carbonyl (C=O) groups is 3. The van der Waals surface area contributed by atoms with Crippen molar-refractivity contribution in [3.05, 3.63) is 35.4 Å². The fourth-order valence-electron chi connectivity index (χ4n) is 3.89. The van der Waals surface area contributed by atoms with E-state index in [9.17, 15) is 14.4 Å². The van der Waals surface area contributed by atoms with Crippen molar-refractivity contribution in [2.24, 2.45) is 17.8 Å². The van der Waals surface area contributed by atoms with Crippen LogP contribution in [-0.4, -0.2) is 29.9 Å². The molecule has 0 aromatic heterocycles. The van der Waals surface area contributed by atoms with Gasteiger partial charge in [-0.2, -0.15) is 0 Å². The Kier molecular flexibility index (Phi) is 3.74. The highest BCUT2D eigenvalue weighted by Gasteiger charge is 2.59. The molecule has 2 aliphatic rings. The molecule has 0 radical (unpaired) electrons. The molecule has 1 heterocycles. The predicted molar refractivity (Wildman–Crippen MR) is 81.8 cm³/mol. The minimum absolute atomic E-state index is 0.0220. The lowest BCUT2D eigenvalue weighted by molar-refractivity contribution is -0.157. The molecule has 1 aromatic carbocycles. The van der Waals surface area contributed by atoms with Gasteiger partial charge in [-0.3, -0.25) is 14.4 Å². The zero-order chi connectivity index (χ0) is 16.8. The average Bonchev–Trinajstić information content (AvgIpc) is 2.93. The van der Waals surface area contributed by atoms with Gasteiger partial charge in [-0.1, -0.05) is 24.3 Å². The van der Waals surface area contributed by atoms with Gasteiger partial charge in [0.15, 0.2) is 11.7 Å². The Labute approximate surface area is 135 Å². The van der Waals surface area contributed by atoms with Gasteiger partial charge in [0.2, 0.25) is 0 Å². The summed E-state index contributed by atoms with van der Waals surface area (Å²) in [6, 6.07) is 7.42. The lowest BCUT2D eigenvalue weighted by Crippen LogP contribution is -2.41. The molecule has 1 aromatic rings. The van der Waals surface area contributed by atoms with E-state index in [1.165, 1.54) is 0 Å². The van der Waals surface area contributed by atoms with Crippen LogP contribution < -0.4 is 0 Å². The molecule has 3 rings (SSSR count). The Hall–Kier alpha value is -2.17. The monoisotopic (exact) mass is 316 g/mol. The highest BCUT2D eigenvalue weighted by Crippen LogP contribution is 2.46. The first-order valence-electron chi connectivity index (χ1n) is 7.88. The second-order valence-electron chi connectivity index (χ2n) is 6.61. The van der Waals surface area contributed by atoms with Gasteiger partial charge in [0.25, 0.3) is 0 Å². The summed E-state index contributed by atoms with van der Waals surface area (Å²) < 4.78 is 10.4. The Morgan fingerprint density at radius 1 is 1.30 bits per heavy atom. The van der Waals surface area contributed by atoms with Crippen LogP contribution in [0.25, 0.3) is 0 Å². The van der Waals surface area contributed by atoms with E-state index in [4.69, 9.17) is 9.47 Å². The van der Waals surface area contributed by atoms with E-state index in [0.29, 0.717) is 12.0 Å². The molecule has 0 amide bonds. The lowest BCUT2D eigenvalue weighted by atomic mass is 9.72. The smallest absolute Gasteiger partial charge is 0.321 e. The second-order valence-corrected chi connectivity index (χ2v) is 6.61. The summed E-state index contributed by atoms with van der Waals surface area (Å²) in [7, 11) is 0. The fourth-order valence-corrected chi connectivity index (χ4v) is 3.89. The quantitative estimate of drug-likeness (QED) is 0.631. The van der Waals surface area contributed by atoms with Crippen molar-refractivity contribution in [3.63, 3.8) is 0 Å². The minimum Gasteiger partial charge on any atom is -0.465 e. The standard InChI is InChI=1S/C18H20O5/c1-4-22-16(20)13-14(18(2,3)23-17(13)21)12-9-10-7-5-6-8-11(10)15(12)19/h5-8,12-14H,4,9H2,1-3H3/t12-,13-,14+/m1/s1. The molecule has 1 saturated heterocycles. The van der Waals surface area contributed by atoms with E-state index in [0.717, 1.165) is 5.56 Å². The van der Waals surface area contributed by atoms with Crippen molar-refractivity contribution < 1.29 is 23.9 Å². The zero-order valence-electron chi connectivity index (χ0n) is 13.5. The summed E-state index contributed by atoms with van der Waals surface area (Å²) in [5.41, 5.74) is 0.757. The molecule has 0 spiro atoms. The number of ketones is 1. The molecule has 1 aliphatic heterocycles. The van der Waals surface area contributed by atoms with Crippen LogP contribution in [0.1, 0.15) is 36.7 Å². The Morgan fingerprint density at radius 2 is 2.00 bits per heavy atom.